The van der Waals surface area contributed by atoms with Gasteiger partial charge in [-0.1, -0.05) is 0 Å². The Morgan fingerprint density at radius 3 is 2.81 bits per heavy atom. The van der Waals surface area contributed by atoms with Gasteiger partial charge < -0.3 is 19.5 Å². The number of aromatic nitrogens is 4. The lowest BCUT2D eigenvalue weighted by molar-refractivity contribution is -0.165. The Morgan fingerprint density at radius 1 is 1.22 bits per heavy atom. The molecule has 36 heavy (non-hydrogen) atoms. The van der Waals surface area contributed by atoms with Gasteiger partial charge >= 0.3 is 6.18 Å². The topological polar surface area (TPSA) is 108 Å². The molecule has 0 spiro atoms. The Hall–Kier alpha value is -3.16. The van der Waals surface area contributed by atoms with E-state index in [0.717, 1.165) is 30.8 Å². The first kappa shape index (κ1) is 25.9. The number of carbonyl (C=O) groups is 1. The Balaban J connectivity index is 1.33. The molecule has 0 saturated carbocycles. The Bertz CT molecular complexity index is 1170. The van der Waals surface area contributed by atoms with E-state index in [2.05, 4.69) is 24.6 Å². The molecule has 0 radical (unpaired) electrons. The van der Waals surface area contributed by atoms with Gasteiger partial charge in [0.1, 0.15) is 6.61 Å². The number of anilines is 1. The summed E-state index contributed by atoms with van der Waals surface area (Å²) in [5.74, 6) is -0.0779. The molecule has 1 aliphatic rings. The fraction of sp³-hybridized carbons (Fsp3) is 0.435. The van der Waals surface area contributed by atoms with Crippen LogP contribution in [0.4, 0.5) is 18.9 Å². The first-order valence-corrected chi connectivity index (χ1v) is 12.0. The Kier molecular flexibility index (Phi) is 8.44. The van der Waals surface area contributed by atoms with Crippen molar-refractivity contribution in [1.82, 2.24) is 19.3 Å². The van der Waals surface area contributed by atoms with Crippen LogP contribution in [0, 0.1) is 6.92 Å². The Labute approximate surface area is 209 Å². The normalized spacial score (nSPS) is 16.1. The second kappa shape index (κ2) is 11.7. The highest BCUT2D eigenvalue weighted by molar-refractivity contribution is 7.06. The molecular weight excluding hydrogens is 499 g/mol. The minimum absolute atomic E-state index is 0.00975. The van der Waals surface area contributed by atoms with Crippen LogP contribution in [0.25, 0.3) is 0 Å². The Morgan fingerprint density at radius 2 is 2.08 bits per heavy atom. The molecule has 4 rings (SSSR count). The van der Waals surface area contributed by atoms with Gasteiger partial charge in [-0.25, -0.2) is 9.97 Å². The third kappa shape index (κ3) is 6.95. The predicted octanol–water partition coefficient (Wildman–Crippen LogP) is 4.42. The number of carbonyl (C=O) groups excluding carboxylic acids is 1. The number of aryl methyl sites for hydroxylation is 1. The molecule has 1 unspecified atom stereocenters. The SMILES string of the molecule is Cc1nsc(Cc2cncc(C(F)(F)F)n2)c1C(=O)Nc1ccc(OCCOC2CCCCO2)nc1. The predicted molar refractivity (Wildman–Crippen MR) is 124 cm³/mol. The van der Waals surface area contributed by atoms with Crippen LogP contribution in [0.15, 0.2) is 30.7 Å². The summed E-state index contributed by atoms with van der Waals surface area (Å²) in [4.78, 5) is 24.8. The fourth-order valence-electron chi connectivity index (χ4n) is 3.52. The molecule has 3 aromatic heterocycles. The van der Waals surface area contributed by atoms with Crippen LogP contribution < -0.4 is 10.1 Å². The maximum absolute atomic E-state index is 13.0. The van der Waals surface area contributed by atoms with Crippen LogP contribution in [-0.2, 0) is 22.1 Å². The highest BCUT2D eigenvalue weighted by Gasteiger charge is 2.33. The molecule has 3 aromatic rings. The molecule has 13 heteroatoms. The third-order valence-corrected chi connectivity index (χ3v) is 6.18. The van der Waals surface area contributed by atoms with Crippen LogP contribution in [0.5, 0.6) is 5.88 Å². The number of ether oxygens (including phenoxy) is 3. The van der Waals surface area contributed by atoms with Crippen molar-refractivity contribution in [2.24, 2.45) is 0 Å². The van der Waals surface area contributed by atoms with E-state index in [1.807, 2.05) is 0 Å². The molecule has 1 N–H and O–H groups in total. The molecule has 0 bridgehead atoms. The summed E-state index contributed by atoms with van der Waals surface area (Å²) >= 11 is 1.03. The highest BCUT2D eigenvalue weighted by atomic mass is 32.1. The van der Waals surface area contributed by atoms with E-state index in [9.17, 15) is 18.0 Å². The zero-order chi connectivity index (χ0) is 25.5. The third-order valence-electron chi connectivity index (χ3n) is 5.25. The highest BCUT2D eigenvalue weighted by Crippen LogP contribution is 2.28. The number of hydrogen-bond donors (Lipinski definition) is 1. The van der Waals surface area contributed by atoms with Gasteiger partial charge in [0.25, 0.3) is 5.91 Å². The van der Waals surface area contributed by atoms with E-state index >= 15 is 0 Å². The molecule has 1 saturated heterocycles. The van der Waals surface area contributed by atoms with E-state index in [4.69, 9.17) is 14.2 Å². The lowest BCUT2D eigenvalue weighted by atomic mass is 10.1. The lowest BCUT2D eigenvalue weighted by Gasteiger charge is -2.22. The van der Waals surface area contributed by atoms with Crippen LogP contribution in [0.1, 0.15) is 51.6 Å². The van der Waals surface area contributed by atoms with Gasteiger partial charge in [-0.2, -0.15) is 17.5 Å². The molecular formula is C23H24F3N5O4S. The first-order chi connectivity index (χ1) is 17.3. The van der Waals surface area contributed by atoms with E-state index in [1.165, 1.54) is 12.4 Å². The number of halogens is 3. The summed E-state index contributed by atoms with van der Waals surface area (Å²) in [6, 6.07) is 3.25. The molecule has 192 valence electrons. The van der Waals surface area contributed by atoms with Gasteiger partial charge in [0.2, 0.25) is 5.88 Å². The lowest BCUT2D eigenvalue weighted by Crippen LogP contribution is -2.24. The quantitative estimate of drug-likeness (QED) is 0.411. The second-order valence-corrected chi connectivity index (χ2v) is 8.85. The van der Waals surface area contributed by atoms with Crippen LogP contribution in [0.3, 0.4) is 0 Å². The number of alkyl halides is 3. The number of nitrogens with one attached hydrogen (secondary N) is 1. The number of amides is 1. The van der Waals surface area contributed by atoms with Crippen molar-refractivity contribution in [2.45, 2.75) is 45.1 Å². The monoisotopic (exact) mass is 523 g/mol. The van der Waals surface area contributed by atoms with Crippen LogP contribution >= 0.6 is 11.5 Å². The summed E-state index contributed by atoms with van der Waals surface area (Å²) in [6.07, 6.45) is 1.56. The van der Waals surface area contributed by atoms with Crippen molar-refractivity contribution in [2.75, 3.05) is 25.1 Å². The minimum atomic E-state index is -4.60. The number of nitrogens with zero attached hydrogens (tertiary/aromatic N) is 4. The van der Waals surface area contributed by atoms with Crippen molar-refractivity contribution >= 4 is 23.1 Å². The molecule has 0 aliphatic carbocycles. The zero-order valence-corrected chi connectivity index (χ0v) is 20.2. The summed E-state index contributed by atoms with van der Waals surface area (Å²) in [5, 5.41) is 2.74. The molecule has 1 aliphatic heterocycles. The minimum Gasteiger partial charge on any atom is -0.475 e. The molecule has 4 heterocycles. The molecule has 1 amide bonds. The van der Waals surface area contributed by atoms with E-state index in [0.29, 0.717) is 48.2 Å². The second-order valence-electron chi connectivity index (χ2n) is 7.99. The zero-order valence-electron chi connectivity index (χ0n) is 19.4. The van der Waals surface area contributed by atoms with Gasteiger partial charge in [0, 0.05) is 30.2 Å². The smallest absolute Gasteiger partial charge is 0.434 e. The molecule has 9 nitrogen and oxygen atoms in total. The van der Waals surface area contributed by atoms with Crippen molar-refractivity contribution in [1.29, 1.82) is 0 Å². The van der Waals surface area contributed by atoms with Crippen molar-refractivity contribution in [3.05, 3.63) is 58.2 Å². The van der Waals surface area contributed by atoms with Crippen molar-refractivity contribution < 1.29 is 32.2 Å². The van der Waals surface area contributed by atoms with Gasteiger partial charge in [-0.3, -0.25) is 9.78 Å². The molecule has 1 atom stereocenters. The standard InChI is InChI=1S/C23H24F3N5O4S/c1-14-21(17(36-31-14)10-16-11-27-13-18(29-16)23(24,25)26)22(32)30-15-5-6-19(28-12-15)33-8-9-35-20-4-2-3-7-34-20/h5-6,11-13,20H,2-4,7-10H2,1H3,(H,30,32). The van der Waals surface area contributed by atoms with Gasteiger partial charge in [0.05, 0.1) is 41.6 Å². The van der Waals surface area contributed by atoms with Crippen LogP contribution in [0.2, 0.25) is 0 Å². The molecule has 0 aromatic carbocycles. The fourth-order valence-corrected chi connectivity index (χ4v) is 4.40. The number of rotatable bonds is 9. The summed E-state index contributed by atoms with van der Waals surface area (Å²) in [5.41, 5.74) is 0.165. The van der Waals surface area contributed by atoms with Crippen molar-refractivity contribution in [3.8, 4) is 5.88 Å². The molecule has 1 fully saturated rings. The number of pyridine rings is 1. The average molecular weight is 524 g/mol. The largest absolute Gasteiger partial charge is 0.475 e. The van der Waals surface area contributed by atoms with E-state index in [-0.39, 0.29) is 24.0 Å². The van der Waals surface area contributed by atoms with E-state index < -0.39 is 17.8 Å². The maximum atomic E-state index is 13.0. The van der Waals surface area contributed by atoms with Gasteiger partial charge in [-0.15, -0.1) is 0 Å². The average Bonchev–Trinajstić information content (AvgIpc) is 3.23. The van der Waals surface area contributed by atoms with Crippen LogP contribution in [-0.4, -0.2) is 51.3 Å². The summed E-state index contributed by atoms with van der Waals surface area (Å²) in [7, 11) is 0. The van der Waals surface area contributed by atoms with Gasteiger partial charge in [0.15, 0.2) is 12.0 Å². The van der Waals surface area contributed by atoms with Crippen molar-refractivity contribution in [3.63, 3.8) is 0 Å². The number of hydrogen-bond acceptors (Lipinski definition) is 9. The maximum Gasteiger partial charge on any atom is 0.434 e. The summed E-state index contributed by atoms with van der Waals surface area (Å²) in [6.45, 7) is 3.04. The summed E-state index contributed by atoms with van der Waals surface area (Å²) < 4.78 is 59.7. The van der Waals surface area contributed by atoms with Gasteiger partial charge in [-0.05, 0) is 43.8 Å². The van der Waals surface area contributed by atoms with E-state index in [1.54, 1.807) is 19.1 Å². The first-order valence-electron chi connectivity index (χ1n) is 11.3.